The number of rotatable bonds is 6. The Morgan fingerprint density at radius 1 is 1.33 bits per heavy atom. The quantitative estimate of drug-likeness (QED) is 0.428. The van der Waals surface area contributed by atoms with Crippen LogP contribution in [0.4, 0.5) is 5.69 Å². The monoisotopic (exact) mass is 365 g/mol. The molecule has 7 heteroatoms. The van der Waals surface area contributed by atoms with Gasteiger partial charge in [0.15, 0.2) is 11.5 Å². The van der Waals surface area contributed by atoms with E-state index in [1.54, 1.807) is 31.4 Å². The zero-order valence-corrected chi connectivity index (χ0v) is 14.9. The number of hydrogen-bond acceptors (Lipinski definition) is 6. The van der Waals surface area contributed by atoms with Crippen LogP contribution in [-0.4, -0.2) is 23.1 Å². The summed E-state index contributed by atoms with van der Waals surface area (Å²) in [5, 5.41) is 20.5. The van der Waals surface area contributed by atoms with Gasteiger partial charge in [-0.25, -0.2) is 0 Å². The largest absolute Gasteiger partial charge is 0.491 e. The highest BCUT2D eigenvalue weighted by molar-refractivity contribution is 5.88. The highest BCUT2D eigenvalue weighted by Gasteiger charge is 2.19. The summed E-state index contributed by atoms with van der Waals surface area (Å²) in [6, 6.07) is 9.89. The standard InChI is InChI=1S/C20H19N3O4/c1-26-20-13-22-18(11-19(20)27-17-7-2-3-8-17)15(12-21)9-14-5-4-6-16(10-14)23(24)25/h4-6,9-11,13,17H,2-3,7-8H2,1H3. The van der Waals surface area contributed by atoms with Crippen LogP contribution in [0.15, 0.2) is 36.5 Å². The lowest BCUT2D eigenvalue weighted by Gasteiger charge is -2.16. The third-order valence-corrected chi connectivity index (χ3v) is 4.44. The first-order chi connectivity index (χ1) is 13.1. The predicted molar refractivity (Wildman–Crippen MR) is 100 cm³/mol. The summed E-state index contributed by atoms with van der Waals surface area (Å²) < 4.78 is 11.4. The summed E-state index contributed by atoms with van der Waals surface area (Å²) in [5.74, 6) is 1.06. The molecule has 0 saturated heterocycles. The molecule has 138 valence electrons. The fourth-order valence-electron chi connectivity index (χ4n) is 3.06. The van der Waals surface area contributed by atoms with E-state index in [1.807, 2.05) is 0 Å². The van der Waals surface area contributed by atoms with Crippen LogP contribution in [0.25, 0.3) is 11.6 Å². The number of nitrogens with zero attached hydrogens (tertiary/aromatic N) is 3. The van der Waals surface area contributed by atoms with E-state index in [1.165, 1.54) is 18.3 Å². The van der Waals surface area contributed by atoms with E-state index in [9.17, 15) is 15.4 Å². The van der Waals surface area contributed by atoms with E-state index in [4.69, 9.17) is 9.47 Å². The minimum atomic E-state index is -0.470. The molecule has 0 N–H and O–H groups in total. The van der Waals surface area contributed by atoms with Gasteiger partial charge in [-0.05, 0) is 37.3 Å². The number of allylic oxidation sites excluding steroid dienone is 1. The zero-order chi connectivity index (χ0) is 19.2. The number of nitro groups is 1. The molecule has 1 aromatic carbocycles. The fourth-order valence-corrected chi connectivity index (χ4v) is 3.06. The van der Waals surface area contributed by atoms with Crippen molar-refractivity contribution < 1.29 is 14.4 Å². The second-order valence-electron chi connectivity index (χ2n) is 6.27. The van der Waals surface area contributed by atoms with E-state index >= 15 is 0 Å². The lowest BCUT2D eigenvalue weighted by atomic mass is 10.1. The minimum absolute atomic E-state index is 0.0333. The van der Waals surface area contributed by atoms with Gasteiger partial charge in [-0.1, -0.05) is 12.1 Å². The molecule has 0 bridgehead atoms. The number of pyridine rings is 1. The van der Waals surface area contributed by atoms with Crippen LogP contribution in [0.2, 0.25) is 0 Å². The van der Waals surface area contributed by atoms with E-state index in [0.717, 1.165) is 25.7 Å². The van der Waals surface area contributed by atoms with Crippen molar-refractivity contribution >= 4 is 17.3 Å². The van der Waals surface area contributed by atoms with Crippen LogP contribution in [-0.2, 0) is 0 Å². The number of ether oxygens (including phenoxy) is 2. The number of nitro benzene ring substituents is 1. The Labute approximate surface area is 157 Å². The summed E-state index contributed by atoms with van der Waals surface area (Å²) in [4.78, 5) is 14.7. The van der Waals surface area contributed by atoms with Crippen LogP contribution in [0.3, 0.4) is 0 Å². The smallest absolute Gasteiger partial charge is 0.270 e. The van der Waals surface area contributed by atoms with Crippen LogP contribution >= 0.6 is 0 Å². The summed E-state index contributed by atoms with van der Waals surface area (Å²) in [7, 11) is 1.54. The number of aromatic nitrogens is 1. The molecule has 7 nitrogen and oxygen atoms in total. The van der Waals surface area contributed by atoms with Crippen molar-refractivity contribution in [2.45, 2.75) is 31.8 Å². The van der Waals surface area contributed by atoms with E-state index in [-0.39, 0.29) is 17.4 Å². The molecular weight excluding hydrogens is 346 g/mol. The summed E-state index contributed by atoms with van der Waals surface area (Å²) in [6.07, 6.45) is 7.51. The van der Waals surface area contributed by atoms with Gasteiger partial charge in [0, 0.05) is 18.2 Å². The van der Waals surface area contributed by atoms with Crippen molar-refractivity contribution in [1.29, 1.82) is 5.26 Å². The molecule has 0 unspecified atom stereocenters. The Kier molecular flexibility index (Phi) is 5.67. The van der Waals surface area contributed by atoms with Gasteiger partial charge in [-0.15, -0.1) is 0 Å². The Bertz CT molecular complexity index is 912. The van der Waals surface area contributed by atoms with Gasteiger partial charge >= 0.3 is 0 Å². The summed E-state index contributed by atoms with van der Waals surface area (Å²) >= 11 is 0. The van der Waals surface area contributed by atoms with Crippen LogP contribution < -0.4 is 9.47 Å². The van der Waals surface area contributed by atoms with Gasteiger partial charge in [0.2, 0.25) is 0 Å². The lowest BCUT2D eigenvalue weighted by molar-refractivity contribution is -0.384. The SMILES string of the molecule is COc1cnc(C(C#N)=Cc2cccc([N+](=O)[O-])c2)cc1OC1CCCC1. The highest BCUT2D eigenvalue weighted by Crippen LogP contribution is 2.33. The molecule has 3 rings (SSSR count). The Hall–Kier alpha value is -3.40. The lowest BCUT2D eigenvalue weighted by Crippen LogP contribution is -2.12. The second kappa shape index (κ2) is 8.32. The maximum Gasteiger partial charge on any atom is 0.270 e. The number of nitriles is 1. The average Bonchev–Trinajstić information content (AvgIpc) is 3.19. The summed E-state index contributed by atoms with van der Waals surface area (Å²) in [6.45, 7) is 0. The molecule has 0 amide bonds. The number of hydrogen-bond donors (Lipinski definition) is 0. The molecule has 0 spiro atoms. The molecule has 1 fully saturated rings. The molecule has 1 aliphatic rings. The van der Waals surface area contributed by atoms with Crippen LogP contribution in [0.5, 0.6) is 11.5 Å². The first-order valence-corrected chi connectivity index (χ1v) is 8.68. The number of benzene rings is 1. The van der Waals surface area contributed by atoms with Crippen molar-refractivity contribution in [3.63, 3.8) is 0 Å². The Balaban J connectivity index is 1.94. The number of methoxy groups -OCH3 is 1. The van der Waals surface area contributed by atoms with Gasteiger partial charge in [-0.2, -0.15) is 5.26 Å². The Morgan fingerprint density at radius 2 is 2.11 bits per heavy atom. The van der Waals surface area contributed by atoms with Crippen molar-refractivity contribution in [1.82, 2.24) is 4.98 Å². The topological polar surface area (TPSA) is 98.3 Å². The minimum Gasteiger partial charge on any atom is -0.491 e. The maximum absolute atomic E-state index is 10.9. The molecule has 2 aromatic rings. The molecule has 0 aliphatic heterocycles. The molecule has 1 aliphatic carbocycles. The first-order valence-electron chi connectivity index (χ1n) is 8.68. The maximum atomic E-state index is 10.9. The van der Waals surface area contributed by atoms with E-state index in [2.05, 4.69) is 11.1 Å². The third-order valence-electron chi connectivity index (χ3n) is 4.44. The van der Waals surface area contributed by atoms with Crippen molar-refractivity contribution in [3.8, 4) is 17.6 Å². The van der Waals surface area contributed by atoms with Crippen LogP contribution in [0.1, 0.15) is 36.9 Å². The molecule has 27 heavy (non-hydrogen) atoms. The van der Waals surface area contributed by atoms with Gasteiger partial charge in [0.1, 0.15) is 6.07 Å². The van der Waals surface area contributed by atoms with Gasteiger partial charge in [-0.3, -0.25) is 15.1 Å². The predicted octanol–water partition coefficient (Wildman–Crippen LogP) is 4.38. The third kappa shape index (κ3) is 4.42. The van der Waals surface area contributed by atoms with Gasteiger partial charge in [0.25, 0.3) is 5.69 Å². The van der Waals surface area contributed by atoms with Gasteiger partial charge in [0.05, 0.1) is 35.6 Å². The van der Waals surface area contributed by atoms with E-state index < -0.39 is 4.92 Å². The zero-order valence-electron chi connectivity index (χ0n) is 14.9. The van der Waals surface area contributed by atoms with Crippen molar-refractivity contribution in [3.05, 3.63) is 57.9 Å². The second-order valence-corrected chi connectivity index (χ2v) is 6.27. The molecule has 0 radical (unpaired) electrons. The molecule has 1 aromatic heterocycles. The molecule has 0 atom stereocenters. The van der Waals surface area contributed by atoms with E-state index in [0.29, 0.717) is 22.8 Å². The van der Waals surface area contributed by atoms with Crippen LogP contribution in [0, 0.1) is 21.4 Å². The first kappa shape index (κ1) is 18.4. The van der Waals surface area contributed by atoms with Crippen molar-refractivity contribution in [2.24, 2.45) is 0 Å². The normalized spacial score (nSPS) is 14.6. The fraction of sp³-hybridized carbons (Fsp3) is 0.300. The molecule has 1 heterocycles. The number of non-ortho nitro benzene ring substituents is 1. The van der Waals surface area contributed by atoms with Gasteiger partial charge < -0.3 is 9.47 Å². The highest BCUT2D eigenvalue weighted by atomic mass is 16.6. The summed E-state index contributed by atoms with van der Waals surface area (Å²) in [5.41, 5.74) is 1.23. The average molecular weight is 365 g/mol. The van der Waals surface area contributed by atoms with Crippen molar-refractivity contribution in [2.75, 3.05) is 7.11 Å². The Morgan fingerprint density at radius 3 is 2.78 bits per heavy atom. The molecule has 1 saturated carbocycles. The molecular formula is C20H19N3O4.